The molecule has 1 aromatic heterocycles. The molecule has 0 radical (unpaired) electrons. The minimum absolute atomic E-state index is 0.0992. The van der Waals surface area contributed by atoms with Crippen LogP contribution in [0.4, 0.5) is 8.78 Å². The van der Waals surface area contributed by atoms with Crippen molar-refractivity contribution in [2.45, 2.75) is 25.8 Å². The predicted molar refractivity (Wildman–Crippen MR) is 83.3 cm³/mol. The highest BCUT2D eigenvalue weighted by Crippen LogP contribution is 2.29. The lowest BCUT2D eigenvalue weighted by atomic mass is 10.0. The Kier molecular flexibility index (Phi) is 5.29. The summed E-state index contributed by atoms with van der Waals surface area (Å²) in [4.78, 5) is 2.41. The van der Waals surface area contributed by atoms with Gasteiger partial charge in [0.15, 0.2) is 0 Å². The Hall–Kier alpha value is -0.780. The van der Waals surface area contributed by atoms with Crippen LogP contribution in [0.5, 0.6) is 0 Å². The van der Waals surface area contributed by atoms with Crippen LogP contribution in [0.25, 0.3) is 0 Å². The Balaban J connectivity index is 2.28. The van der Waals surface area contributed by atoms with Crippen LogP contribution in [0.3, 0.4) is 0 Å². The number of thiophene rings is 1. The van der Waals surface area contributed by atoms with Gasteiger partial charge < -0.3 is 5.32 Å². The van der Waals surface area contributed by atoms with E-state index < -0.39 is 11.6 Å². The largest absolute Gasteiger partial charge is 0.313 e. The molecule has 1 atom stereocenters. The smallest absolute Gasteiger partial charge is 0.132 e. The molecule has 0 aliphatic heterocycles. The van der Waals surface area contributed by atoms with Gasteiger partial charge in [0.25, 0.3) is 0 Å². The second-order valence-corrected chi connectivity index (χ2v) is 6.72. The van der Waals surface area contributed by atoms with Crippen molar-refractivity contribution in [2.75, 3.05) is 7.05 Å². The summed E-state index contributed by atoms with van der Waals surface area (Å²) >= 11 is 4.79. The lowest BCUT2D eigenvalue weighted by molar-refractivity contribution is 0.490. The molecule has 1 unspecified atom stereocenters. The van der Waals surface area contributed by atoms with Crippen LogP contribution in [0.1, 0.15) is 28.3 Å². The van der Waals surface area contributed by atoms with Crippen molar-refractivity contribution in [2.24, 2.45) is 0 Å². The van der Waals surface area contributed by atoms with Gasteiger partial charge in [-0.1, -0.05) is 22.9 Å². The van der Waals surface area contributed by atoms with Crippen LogP contribution in [-0.2, 0) is 12.8 Å². The first-order valence-corrected chi connectivity index (χ1v) is 8.05. The molecule has 0 amide bonds. The van der Waals surface area contributed by atoms with E-state index in [-0.39, 0.29) is 11.6 Å². The van der Waals surface area contributed by atoms with Crippen LogP contribution in [0.15, 0.2) is 28.7 Å². The fourth-order valence-corrected chi connectivity index (χ4v) is 3.56. The van der Waals surface area contributed by atoms with Gasteiger partial charge in [-0.25, -0.2) is 8.78 Å². The topological polar surface area (TPSA) is 12.0 Å². The average Bonchev–Trinajstić information content (AvgIpc) is 2.84. The molecule has 0 aliphatic rings. The number of aryl methyl sites for hydroxylation is 1. The zero-order chi connectivity index (χ0) is 14.7. The molecule has 108 valence electrons. The summed E-state index contributed by atoms with van der Waals surface area (Å²) in [7, 11) is 1.72. The van der Waals surface area contributed by atoms with Crippen molar-refractivity contribution in [3.05, 3.63) is 55.7 Å². The molecule has 0 aliphatic carbocycles. The molecule has 20 heavy (non-hydrogen) atoms. The lowest BCUT2D eigenvalue weighted by Gasteiger charge is -2.17. The molecular weight excluding hydrogens is 344 g/mol. The van der Waals surface area contributed by atoms with Gasteiger partial charge in [0.05, 0.1) is 0 Å². The maximum atomic E-state index is 14.0. The van der Waals surface area contributed by atoms with E-state index in [0.29, 0.717) is 10.9 Å². The quantitative estimate of drug-likeness (QED) is 0.804. The number of likely N-dealkylation sites (N-methyl/N-ethyl adjacent to an activating group) is 1. The molecule has 1 heterocycles. The summed E-state index contributed by atoms with van der Waals surface area (Å²) in [5, 5.41) is 3.01. The molecule has 5 heteroatoms. The zero-order valence-electron chi connectivity index (χ0n) is 11.3. The number of hydrogen-bond donors (Lipinski definition) is 1. The number of halogens is 3. The van der Waals surface area contributed by atoms with Gasteiger partial charge in [-0.15, -0.1) is 11.3 Å². The van der Waals surface area contributed by atoms with E-state index in [0.717, 1.165) is 11.3 Å². The van der Waals surface area contributed by atoms with E-state index in [2.05, 4.69) is 34.2 Å². The number of nitrogens with one attached hydrogen (secondary N) is 1. The highest BCUT2D eigenvalue weighted by atomic mass is 79.9. The van der Waals surface area contributed by atoms with E-state index in [4.69, 9.17) is 0 Å². The SMILES string of the molecule is CCc1ccc(CC(NC)c2c(F)cc(Br)cc2F)s1. The van der Waals surface area contributed by atoms with Gasteiger partial charge in [-0.05, 0) is 37.7 Å². The maximum Gasteiger partial charge on any atom is 0.132 e. The number of rotatable bonds is 5. The Morgan fingerprint density at radius 3 is 2.30 bits per heavy atom. The summed E-state index contributed by atoms with van der Waals surface area (Å²) in [5.74, 6) is -1.05. The standard InChI is InChI=1S/C15H16BrF2NS/c1-3-10-4-5-11(20-10)8-14(19-2)15-12(17)6-9(16)7-13(15)18/h4-7,14,19H,3,8H2,1-2H3. The van der Waals surface area contributed by atoms with Gasteiger partial charge in [0.2, 0.25) is 0 Å². The summed E-state index contributed by atoms with van der Waals surface area (Å²) in [5.41, 5.74) is 0.0992. The van der Waals surface area contributed by atoms with Gasteiger partial charge in [-0.3, -0.25) is 0 Å². The summed E-state index contributed by atoms with van der Waals surface area (Å²) < 4.78 is 28.4. The van der Waals surface area contributed by atoms with E-state index in [1.165, 1.54) is 17.0 Å². The molecule has 2 aromatic rings. The molecule has 0 fully saturated rings. The van der Waals surface area contributed by atoms with E-state index in [1.54, 1.807) is 18.4 Å². The van der Waals surface area contributed by atoms with Crippen LogP contribution >= 0.6 is 27.3 Å². The molecular formula is C15H16BrF2NS. The Morgan fingerprint density at radius 1 is 1.20 bits per heavy atom. The van der Waals surface area contributed by atoms with Crippen LogP contribution in [0, 0.1) is 11.6 Å². The fourth-order valence-electron chi connectivity index (χ4n) is 2.16. The first-order valence-electron chi connectivity index (χ1n) is 6.44. The normalized spacial score (nSPS) is 12.7. The second-order valence-electron chi connectivity index (χ2n) is 4.55. The van der Waals surface area contributed by atoms with E-state index >= 15 is 0 Å². The average molecular weight is 360 g/mol. The maximum absolute atomic E-state index is 14.0. The third-order valence-electron chi connectivity index (χ3n) is 3.21. The van der Waals surface area contributed by atoms with Crippen molar-refractivity contribution in [1.29, 1.82) is 0 Å². The summed E-state index contributed by atoms with van der Waals surface area (Å²) in [6.07, 6.45) is 1.56. The molecule has 1 nitrogen and oxygen atoms in total. The highest BCUT2D eigenvalue weighted by molar-refractivity contribution is 9.10. The summed E-state index contributed by atoms with van der Waals surface area (Å²) in [6, 6.07) is 6.33. The molecule has 2 rings (SSSR count). The monoisotopic (exact) mass is 359 g/mol. The minimum Gasteiger partial charge on any atom is -0.313 e. The van der Waals surface area contributed by atoms with Gasteiger partial charge in [0, 0.05) is 32.3 Å². The van der Waals surface area contributed by atoms with Gasteiger partial charge in [-0.2, -0.15) is 0 Å². The Labute approximate surface area is 130 Å². The molecule has 1 N–H and O–H groups in total. The van der Waals surface area contributed by atoms with Gasteiger partial charge in [0.1, 0.15) is 11.6 Å². The third kappa shape index (κ3) is 3.45. The van der Waals surface area contributed by atoms with E-state index in [9.17, 15) is 8.78 Å². The first-order chi connectivity index (χ1) is 9.55. The van der Waals surface area contributed by atoms with Crippen LogP contribution in [-0.4, -0.2) is 7.05 Å². The fraction of sp³-hybridized carbons (Fsp3) is 0.333. The van der Waals surface area contributed by atoms with Crippen molar-refractivity contribution in [3.63, 3.8) is 0 Å². The highest BCUT2D eigenvalue weighted by Gasteiger charge is 2.20. The Morgan fingerprint density at radius 2 is 1.80 bits per heavy atom. The van der Waals surface area contributed by atoms with Crippen LogP contribution < -0.4 is 5.32 Å². The second kappa shape index (κ2) is 6.78. The van der Waals surface area contributed by atoms with Crippen molar-refractivity contribution in [3.8, 4) is 0 Å². The zero-order valence-corrected chi connectivity index (χ0v) is 13.7. The van der Waals surface area contributed by atoms with Crippen molar-refractivity contribution < 1.29 is 8.78 Å². The molecule has 0 bridgehead atoms. The number of benzene rings is 1. The number of hydrogen-bond acceptors (Lipinski definition) is 2. The minimum atomic E-state index is -0.525. The lowest BCUT2D eigenvalue weighted by Crippen LogP contribution is -2.21. The van der Waals surface area contributed by atoms with E-state index in [1.807, 2.05) is 6.07 Å². The third-order valence-corrected chi connectivity index (χ3v) is 4.92. The Bertz CT molecular complexity index is 574. The van der Waals surface area contributed by atoms with Crippen LogP contribution in [0.2, 0.25) is 0 Å². The first kappa shape index (κ1) is 15.6. The molecule has 0 saturated carbocycles. The van der Waals surface area contributed by atoms with Gasteiger partial charge >= 0.3 is 0 Å². The predicted octanol–water partition coefficient (Wildman–Crippen LogP) is 4.85. The summed E-state index contributed by atoms with van der Waals surface area (Å²) in [6.45, 7) is 2.10. The van der Waals surface area contributed by atoms with Crippen molar-refractivity contribution >= 4 is 27.3 Å². The van der Waals surface area contributed by atoms with Crippen molar-refractivity contribution in [1.82, 2.24) is 5.32 Å². The molecule has 1 aromatic carbocycles. The molecule has 0 spiro atoms. The molecule has 0 saturated heterocycles.